The lowest BCUT2D eigenvalue weighted by Gasteiger charge is -2.18. The number of nitrogens with two attached hydrogens (primary N) is 1. The number of amides is 1. The topological polar surface area (TPSA) is 136 Å². The predicted molar refractivity (Wildman–Crippen MR) is 93.9 cm³/mol. The first-order valence-corrected chi connectivity index (χ1v) is 8.89. The molecule has 0 radical (unpaired) electrons. The Labute approximate surface area is 152 Å². The van der Waals surface area contributed by atoms with E-state index in [0.29, 0.717) is 12.5 Å². The number of halogens is 1. The van der Waals surface area contributed by atoms with E-state index in [9.17, 15) is 23.3 Å². The number of nitro benzene ring substituents is 1. The Bertz CT molecular complexity index is 738. The van der Waals surface area contributed by atoms with Crippen molar-refractivity contribution in [3.05, 3.63) is 34.4 Å². The number of benzene rings is 1. The van der Waals surface area contributed by atoms with Gasteiger partial charge in [-0.2, -0.15) is 4.31 Å². The van der Waals surface area contributed by atoms with E-state index < -0.39 is 20.9 Å². The van der Waals surface area contributed by atoms with E-state index in [0.717, 1.165) is 23.2 Å². The Balaban J connectivity index is 0.00000312. The van der Waals surface area contributed by atoms with Crippen molar-refractivity contribution >= 4 is 34.0 Å². The number of hydrogen-bond donors (Lipinski definition) is 2. The lowest BCUT2D eigenvalue weighted by atomic mass is 10.2. The van der Waals surface area contributed by atoms with Crippen LogP contribution in [-0.4, -0.2) is 49.7 Å². The zero-order chi connectivity index (χ0) is 17.9. The minimum absolute atomic E-state index is 0. The van der Waals surface area contributed by atoms with Gasteiger partial charge in [-0.25, -0.2) is 8.42 Å². The SMILES string of the molecule is CN(CC(=O)NCC(N)C1CC1)S(=O)(=O)c1cccc([N+](=O)[O-])c1.Cl. The summed E-state index contributed by atoms with van der Waals surface area (Å²) in [7, 11) is -2.75. The maximum atomic E-state index is 12.4. The summed E-state index contributed by atoms with van der Waals surface area (Å²) < 4.78 is 25.6. The number of sulfonamides is 1. The molecule has 0 spiro atoms. The van der Waals surface area contributed by atoms with Crippen LogP contribution in [0.25, 0.3) is 0 Å². The van der Waals surface area contributed by atoms with Gasteiger partial charge in [0.1, 0.15) is 0 Å². The van der Waals surface area contributed by atoms with Gasteiger partial charge in [0.2, 0.25) is 15.9 Å². The summed E-state index contributed by atoms with van der Waals surface area (Å²) >= 11 is 0. The fourth-order valence-electron chi connectivity index (χ4n) is 2.20. The van der Waals surface area contributed by atoms with E-state index >= 15 is 0 Å². The van der Waals surface area contributed by atoms with Crippen molar-refractivity contribution in [1.29, 1.82) is 0 Å². The van der Waals surface area contributed by atoms with Crippen molar-refractivity contribution in [3.8, 4) is 0 Å². The van der Waals surface area contributed by atoms with Gasteiger partial charge in [0, 0.05) is 31.8 Å². The second-order valence-electron chi connectivity index (χ2n) is 5.82. The normalized spacial score (nSPS) is 15.3. The highest BCUT2D eigenvalue weighted by Crippen LogP contribution is 2.31. The quantitative estimate of drug-likeness (QED) is 0.488. The Kier molecular flexibility index (Phi) is 7.29. The average molecular weight is 393 g/mol. The van der Waals surface area contributed by atoms with Crippen LogP contribution in [0.5, 0.6) is 0 Å². The first kappa shape index (κ1) is 21.3. The van der Waals surface area contributed by atoms with E-state index in [2.05, 4.69) is 5.32 Å². The van der Waals surface area contributed by atoms with Crippen molar-refractivity contribution < 1.29 is 18.1 Å². The molecule has 1 aliphatic carbocycles. The third kappa shape index (κ3) is 5.63. The smallest absolute Gasteiger partial charge is 0.270 e. The summed E-state index contributed by atoms with van der Waals surface area (Å²) in [6.07, 6.45) is 2.11. The molecule has 9 nitrogen and oxygen atoms in total. The molecule has 140 valence electrons. The molecule has 0 heterocycles. The monoisotopic (exact) mass is 392 g/mol. The highest BCUT2D eigenvalue weighted by molar-refractivity contribution is 7.89. The van der Waals surface area contributed by atoms with Gasteiger partial charge >= 0.3 is 0 Å². The minimum atomic E-state index is -4.00. The van der Waals surface area contributed by atoms with Gasteiger partial charge in [0.25, 0.3) is 5.69 Å². The molecular weight excluding hydrogens is 372 g/mol. The van der Waals surface area contributed by atoms with E-state index in [1.165, 1.54) is 25.2 Å². The standard InChI is InChI=1S/C14H20N4O5S.ClH/c1-17(9-14(19)16-8-13(15)10-5-6-10)24(22,23)12-4-2-3-11(7-12)18(20)21;/h2-4,7,10,13H,5-6,8-9,15H2,1H3,(H,16,19);1H. The number of carbonyl (C=O) groups excluding carboxylic acids is 1. The molecule has 1 aliphatic rings. The lowest BCUT2D eigenvalue weighted by Crippen LogP contribution is -2.43. The first-order valence-electron chi connectivity index (χ1n) is 7.45. The van der Waals surface area contributed by atoms with E-state index in [4.69, 9.17) is 5.73 Å². The minimum Gasteiger partial charge on any atom is -0.353 e. The molecule has 3 N–H and O–H groups in total. The van der Waals surface area contributed by atoms with Gasteiger partial charge in [-0.3, -0.25) is 14.9 Å². The maximum absolute atomic E-state index is 12.4. The number of likely N-dealkylation sites (N-methyl/N-ethyl adjacent to an activating group) is 1. The molecule has 25 heavy (non-hydrogen) atoms. The first-order chi connectivity index (χ1) is 11.2. The highest BCUT2D eigenvalue weighted by atomic mass is 35.5. The third-order valence-corrected chi connectivity index (χ3v) is 5.66. The van der Waals surface area contributed by atoms with E-state index in [1.54, 1.807) is 0 Å². The number of hydrogen-bond acceptors (Lipinski definition) is 6. The van der Waals surface area contributed by atoms with Crippen molar-refractivity contribution in [2.24, 2.45) is 11.7 Å². The molecule has 2 rings (SSSR count). The summed E-state index contributed by atoms with van der Waals surface area (Å²) in [5.74, 6) is -0.0424. The summed E-state index contributed by atoms with van der Waals surface area (Å²) in [6.45, 7) is -0.0867. The fraction of sp³-hybridized carbons (Fsp3) is 0.500. The summed E-state index contributed by atoms with van der Waals surface area (Å²) in [5.41, 5.74) is 5.54. The fourth-order valence-corrected chi connectivity index (χ4v) is 3.37. The molecule has 1 aromatic rings. The van der Waals surface area contributed by atoms with Crippen LogP contribution in [0.1, 0.15) is 12.8 Å². The number of rotatable bonds is 8. The second-order valence-corrected chi connectivity index (χ2v) is 7.87. The molecule has 0 aromatic heterocycles. The molecule has 0 saturated heterocycles. The zero-order valence-electron chi connectivity index (χ0n) is 13.6. The Morgan fingerprint density at radius 3 is 2.68 bits per heavy atom. The number of nitrogens with one attached hydrogen (secondary N) is 1. The van der Waals surface area contributed by atoms with Crippen molar-refractivity contribution in [1.82, 2.24) is 9.62 Å². The number of nitrogens with zero attached hydrogens (tertiary/aromatic N) is 2. The van der Waals surface area contributed by atoms with Gasteiger partial charge in [-0.15, -0.1) is 12.4 Å². The van der Waals surface area contributed by atoms with Crippen LogP contribution in [0.3, 0.4) is 0 Å². The molecule has 0 aliphatic heterocycles. The van der Waals surface area contributed by atoms with Crippen LogP contribution in [0.15, 0.2) is 29.2 Å². The molecule has 1 unspecified atom stereocenters. The van der Waals surface area contributed by atoms with Gasteiger partial charge in [0.05, 0.1) is 16.4 Å². The molecule has 1 aromatic carbocycles. The summed E-state index contributed by atoms with van der Waals surface area (Å²) in [5, 5.41) is 13.4. The molecule has 1 amide bonds. The molecule has 1 saturated carbocycles. The predicted octanol–water partition coefficient (Wildman–Crippen LogP) is 0.491. The van der Waals surface area contributed by atoms with Gasteiger partial charge in [-0.05, 0) is 24.8 Å². The Morgan fingerprint density at radius 2 is 2.12 bits per heavy atom. The number of carbonyl (C=O) groups is 1. The molecule has 1 atom stereocenters. The lowest BCUT2D eigenvalue weighted by molar-refractivity contribution is -0.385. The van der Waals surface area contributed by atoms with Crippen LogP contribution in [0, 0.1) is 16.0 Å². The van der Waals surface area contributed by atoms with Crippen LogP contribution in [0.2, 0.25) is 0 Å². The van der Waals surface area contributed by atoms with Crippen LogP contribution in [-0.2, 0) is 14.8 Å². The zero-order valence-corrected chi connectivity index (χ0v) is 15.3. The van der Waals surface area contributed by atoms with Gasteiger partial charge < -0.3 is 11.1 Å². The summed E-state index contributed by atoms with van der Waals surface area (Å²) in [6, 6.07) is 4.58. The Hall–Kier alpha value is -1.75. The van der Waals surface area contributed by atoms with Crippen LogP contribution >= 0.6 is 12.4 Å². The maximum Gasteiger partial charge on any atom is 0.270 e. The van der Waals surface area contributed by atoms with Gasteiger partial charge in [0.15, 0.2) is 0 Å². The van der Waals surface area contributed by atoms with Crippen LogP contribution < -0.4 is 11.1 Å². The van der Waals surface area contributed by atoms with Crippen molar-refractivity contribution in [3.63, 3.8) is 0 Å². The largest absolute Gasteiger partial charge is 0.353 e. The number of non-ortho nitro benzene ring substituents is 1. The molecule has 0 bridgehead atoms. The molecule has 11 heteroatoms. The number of nitro groups is 1. The van der Waals surface area contributed by atoms with E-state index in [-0.39, 0.29) is 35.6 Å². The molecule has 1 fully saturated rings. The van der Waals surface area contributed by atoms with Crippen molar-refractivity contribution in [2.45, 2.75) is 23.8 Å². The van der Waals surface area contributed by atoms with E-state index in [1.807, 2.05) is 0 Å². The van der Waals surface area contributed by atoms with Crippen molar-refractivity contribution in [2.75, 3.05) is 20.1 Å². The third-order valence-electron chi connectivity index (χ3n) is 3.87. The highest BCUT2D eigenvalue weighted by Gasteiger charge is 2.29. The van der Waals surface area contributed by atoms with Crippen LogP contribution in [0.4, 0.5) is 5.69 Å². The second kappa shape index (κ2) is 8.56. The molecular formula is C14H21ClN4O5S. The average Bonchev–Trinajstić information content (AvgIpc) is 3.37. The Morgan fingerprint density at radius 1 is 1.48 bits per heavy atom. The van der Waals surface area contributed by atoms with Gasteiger partial charge in [-0.1, -0.05) is 6.07 Å². The summed E-state index contributed by atoms with van der Waals surface area (Å²) in [4.78, 5) is 21.7.